The van der Waals surface area contributed by atoms with Gasteiger partial charge in [0.1, 0.15) is 5.76 Å². The highest BCUT2D eigenvalue weighted by molar-refractivity contribution is 7.84. The van der Waals surface area contributed by atoms with Crippen LogP contribution in [0.4, 0.5) is 0 Å². The van der Waals surface area contributed by atoms with Crippen LogP contribution in [0.5, 0.6) is 0 Å². The molecule has 1 amide bonds. The van der Waals surface area contributed by atoms with Gasteiger partial charge in [0.25, 0.3) is 5.91 Å². The molecule has 0 aliphatic rings. The zero-order chi connectivity index (χ0) is 18.5. The molecule has 1 heterocycles. The van der Waals surface area contributed by atoms with Crippen LogP contribution in [0.2, 0.25) is 10.0 Å². The molecule has 4 nitrogen and oxygen atoms in total. The van der Waals surface area contributed by atoms with E-state index in [1.54, 1.807) is 48.5 Å². The summed E-state index contributed by atoms with van der Waals surface area (Å²) in [5.74, 6) is 0.438. The summed E-state index contributed by atoms with van der Waals surface area (Å²) in [5, 5.41) is 3.85. The highest BCUT2D eigenvalue weighted by Crippen LogP contribution is 2.22. The van der Waals surface area contributed by atoms with Gasteiger partial charge in [-0.3, -0.25) is 9.00 Å². The molecule has 1 aromatic heterocycles. The molecule has 3 rings (SSSR count). The fourth-order valence-electron chi connectivity index (χ4n) is 2.29. The number of carbonyl (C=O) groups excluding carboxylic acids is 1. The van der Waals surface area contributed by atoms with Crippen molar-refractivity contribution in [1.82, 2.24) is 5.32 Å². The van der Waals surface area contributed by atoms with Crippen molar-refractivity contribution in [3.8, 4) is 0 Å². The van der Waals surface area contributed by atoms with Crippen LogP contribution in [0.3, 0.4) is 0 Å². The topological polar surface area (TPSA) is 59.3 Å². The lowest BCUT2D eigenvalue weighted by Crippen LogP contribution is -2.22. The molecule has 7 heteroatoms. The van der Waals surface area contributed by atoms with Crippen LogP contribution in [-0.4, -0.2) is 10.1 Å². The zero-order valence-corrected chi connectivity index (χ0v) is 15.9. The average Bonchev–Trinajstić information content (AvgIpc) is 3.10. The van der Waals surface area contributed by atoms with Gasteiger partial charge in [0.2, 0.25) is 0 Å². The van der Waals surface area contributed by atoms with Crippen molar-refractivity contribution in [2.75, 3.05) is 0 Å². The lowest BCUT2D eigenvalue weighted by molar-refractivity contribution is 0.0921. The summed E-state index contributed by atoms with van der Waals surface area (Å²) in [4.78, 5) is 12.7. The first kappa shape index (κ1) is 18.7. The Morgan fingerprint density at radius 3 is 2.46 bits per heavy atom. The Kier molecular flexibility index (Phi) is 6.14. The summed E-state index contributed by atoms with van der Waals surface area (Å²) in [7, 11) is -1.35. The Bertz CT molecular complexity index is 938. The van der Waals surface area contributed by atoms with E-state index in [1.165, 1.54) is 0 Å². The largest absolute Gasteiger partial charge is 0.455 e. The highest BCUT2D eigenvalue weighted by Gasteiger charge is 2.15. The van der Waals surface area contributed by atoms with E-state index >= 15 is 0 Å². The maximum atomic E-state index is 12.4. The quantitative estimate of drug-likeness (QED) is 0.636. The lowest BCUT2D eigenvalue weighted by Gasteiger charge is -2.04. The van der Waals surface area contributed by atoms with Gasteiger partial charge in [0.15, 0.2) is 5.76 Å². The average molecular weight is 408 g/mol. The molecule has 134 valence electrons. The Hall–Kier alpha value is -2.08. The summed E-state index contributed by atoms with van der Waals surface area (Å²) in [6, 6.07) is 17.4. The molecule has 1 atom stereocenters. The number of hydrogen-bond donors (Lipinski definition) is 1. The molecule has 0 bridgehead atoms. The predicted octanol–water partition coefficient (Wildman–Crippen LogP) is 4.82. The van der Waals surface area contributed by atoms with Crippen molar-refractivity contribution in [2.24, 2.45) is 0 Å². The highest BCUT2D eigenvalue weighted by atomic mass is 35.5. The van der Waals surface area contributed by atoms with Gasteiger partial charge in [-0.2, -0.15) is 0 Å². The molecule has 0 spiro atoms. The maximum Gasteiger partial charge on any atom is 0.287 e. The van der Waals surface area contributed by atoms with E-state index in [0.29, 0.717) is 27.2 Å². The number of benzene rings is 2. The van der Waals surface area contributed by atoms with Gasteiger partial charge in [0.05, 0.1) is 26.5 Å². The summed E-state index contributed by atoms with van der Waals surface area (Å²) >= 11 is 11.9. The number of amides is 1. The molecule has 0 aliphatic heterocycles. The van der Waals surface area contributed by atoms with Crippen molar-refractivity contribution >= 4 is 39.9 Å². The smallest absolute Gasteiger partial charge is 0.287 e. The first-order chi connectivity index (χ1) is 12.5. The molecule has 1 N–H and O–H groups in total. The van der Waals surface area contributed by atoms with E-state index in [-0.39, 0.29) is 17.4 Å². The van der Waals surface area contributed by atoms with Crippen LogP contribution in [0.25, 0.3) is 0 Å². The Balaban J connectivity index is 1.60. The molecular weight excluding hydrogens is 393 g/mol. The minimum atomic E-state index is -1.35. The second kappa shape index (κ2) is 8.54. The SMILES string of the molecule is O=C(NCc1ccc(Cl)cc1)c1ccc(CS(=O)c2ccccc2Cl)o1. The lowest BCUT2D eigenvalue weighted by atomic mass is 10.2. The van der Waals surface area contributed by atoms with Gasteiger partial charge in [-0.25, -0.2) is 0 Å². The summed E-state index contributed by atoms with van der Waals surface area (Å²) in [6.07, 6.45) is 0. The Labute approximate surface area is 163 Å². The molecule has 3 aromatic rings. The third-order valence-electron chi connectivity index (χ3n) is 3.61. The monoisotopic (exact) mass is 407 g/mol. The molecule has 0 radical (unpaired) electrons. The third-order valence-corrected chi connectivity index (χ3v) is 5.69. The molecule has 26 heavy (non-hydrogen) atoms. The van der Waals surface area contributed by atoms with Crippen molar-refractivity contribution < 1.29 is 13.4 Å². The number of carbonyl (C=O) groups is 1. The zero-order valence-electron chi connectivity index (χ0n) is 13.6. The van der Waals surface area contributed by atoms with Gasteiger partial charge in [0, 0.05) is 11.6 Å². The number of nitrogens with one attached hydrogen (secondary N) is 1. The van der Waals surface area contributed by atoms with Crippen LogP contribution >= 0.6 is 23.2 Å². The van der Waals surface area contributed by atoms with Crippen molar-refractivity contribution in [1.29, 1.82) is 0 Å². The Morgan fingerprint density at radius 1 is 1.00 bits per heavy atom. The minimum Gasteiger partial charge on any atom is -0.455 e. The van der Waals surface area contributed by atoms with Gasteiger partial charge >= 0.3 is 0 Å². The molecule has 2 aromatic carbocycles. The van der Waals surface area contributed by atoms with Crippen LogP contribution in [0.15, 0.2) is 70.0 Å². The van der Waals surface area contributed by atoms with E-state index in [4.69, 9.17) is 27.6 Å². The second-order valence-electron chi connectivity index (χ2n) is 5.50. The third kappa shape index (κ3) is 4.75. The number of furan rings is 1. The summed E-state index contributed by atoms with van der Waals surface area (Å²) in [6.45, 7) is 0.359. The molecular formula is C19H15Cl2NO3S. The second-order valence-corrected chi connectivity index (χ2v) is 7.76. The van der Waals surface area contributed by atoms with Crippen LogP contribution in [0.1, 0.15) is 21.9 Å². The van der Waals surface area contributed by atoms with E-state index in [2.05, 4.69) is 5.32 Å². The van der Waals surface area contributed by atoms with Crippen LogP contribution in [-0.2, 0) is 23.1 Å². The Morgan fingerprint density at radius 2 is 1.73 bits per heavy atom. The molecule has 0 aliphatic carbocycles. The summed E-state index contributed by atoms with van der Waals surface area (Å²) < 4.78 is 17.9. The van der Waals surface area contributed by atoms with Gasteiger partial charge in [-0.15, -0.1) is 0 Å². The van der Waals surface area contributed by atoms with E-state index in [9.17, 15) is 9.00 Å². The molecule has 1 unspecified atom stereocenters. The van der Waals surface area contributed by atoms with Gasteiger partial charge < -0.3 is 9.73 Å². The van der Waals surface area contributed by atoms with Gasteiger partial charge in [-0.05, 0) is 42.0 Å². The molecule has 0 saturated carbocycles. The van der Waals surface area contributed by atoms with Crippen molar-refractivity contribution in [3.63, 3.8) is 0 Å². The van der Waals surface area contributed by atoms with Crippen LogP contribution < -0.4 is 5.32 Å². The van der Waals surface area contributed by atoms with Gasteiger partial charge in [-0.1, -0.05) is 47.5 Å². The number of hydrogen-bond acceptors (Lipinski definition) is 3. The number of rotatable bonds is 6. The fourth-order valence-corrected chi connectivity index (χ4v) is 3.89. The van der Waals surface area contributed by atoms with E-state index in [1.807, 2.05) is 12.1 Å². The van der Waals surface area contributed by atoms with E-state index in [0.717, 1.165) is 5.56 Å². The summed E-state index contributed by atoms with van der Waals surface area (Å²) in [5.41, 5.74) is 0.925. The van der Waals surface area contributed by atoms with E-state index < -0.39 is 10.8 Å². The molecule has 0 fully saturated rings. The minimum absolute atomic E-state index is 0.147. The van der Waals surface area contributed by atoms with Crippen molar-refractivity contribution in [2.45, 2.75) is 17.2 Å². The standard InChI is InChI=1S/C19H15Cl2NO3S/c20-14-7-5-13(6-8-14)11-22-19(23)17-10-9-15(25-17)12-26(24)18-4-2-1-3-16(18)21/h1-10H,11-12H2,(H,22,23). The number of halogens is 2. The molecule has 0 saturated heterocycles. The maximum absolute atomic E-state index is 12.4. The first-order valence-corrected chi connectivity index (χ1v) is 9.84. The normalized spacial score (nSPS) is 11.9. The predicted molar refractivity (Wildman–Crippen MR) is 103 cm³/mol. The fraction of sp³-hybridized carbons (Fsp3) is 0.105. The van der Waals surface area contributed by atoms with Crippen molar-refractivity contribution in [3.05, 3.63) is 87.8 Å². The first-order valence-electron chi connectivity index (χ1n) is 7.77. The van der Waals surface area contributed by atoms with Crippen LogP contribution in [0, 0.1) is 0 Å².